The first kappa shape index (κ1) is 22.5. The molecule has 0 saturated carbocycles. The molecule has 10 nitrogen and oxygen atoms in total. The summed E-state index contributed by atoms with van der Waals surface area (Å²) in [4.78, 5) is 31.0. The van der Waals surface area contributed by atoms with Crippen molar-refractivity contribution in [2.75, 3.05) is 6.61 Å². The Labute approximate surface area is 176 Å². The molecule has 0 aliphatic rings. The summed E-state index contributed by atoms with van der Waals surface area (Å²) in [5.41, 5.74) is 8.36. The molecule has 0 unspecified atom stereocenters. The van der Waals surface area contributed by atoms with Crippen molar-refractivity contribution in [3.63, 3.8) is 0 Å². The fourth-order valence-corrected chi connectivity index (χ4v) is 2.45. The number of hydrogen-bond acceptors (Lipinski definition) is 7. The lowest BCUT2D eigenvalue weighted by atomic mass is 10.2. The molecule has 0 atom stereocenters. The zero-order chi connectivity index (χ0) is 23.4. The molecule has 4 N–H and O–H groups in total. The normalized spacial score (nSPS) is 11.9. The molecule has 3 aromatic rings. The van der Waals surface area contributed by atoms with Crippen LogP contribution in [-0.2, 0) is 9.63 Å². The summed E-state index contributed by atoms with van der Waals surface area (Å²) in [5.74, 6) is -1.74. The number of oxime groups is 1. The summed E-state index contributed by atoms with van der Waals surface area (Å²) in [6.45, 7) is -0.319. The Morgan fingerprint density at radius 1 is 1.06 bits per heavy atom. The number of carbonyl (C=O) groups is 2. The highest BCUT2D eigenvalue weighted by atomic mass is 19.3. The first-order valence-electron chi connectivity index (χ1n) is 8.69. The van der Waals surface area contributed by atoms with Crippen LogP contribution < -0.4 is 16.2 Å². The fourth-order valence-electron chi connectivity index (χ4n) is 2.45. The third kappa shape index (κ3) is 5.08. The van der Waals surface area contributed by atoms with Gasteiger partial charge in [-0.1, -0.05) is 5.16 Å². The molecule has 1 aromatic carbocycles. The predicted molar refractivity (Wildman–Crippen MR) is 100 cm³/mol. The van der Waals surface area contributed by atoms with Crippen LogP contribution in [0.5, 0.6) is 5.75 Å². The molecule has 0 radical (unpaired) electrons. The molecule has 0 bridgehead atoms. The van der Waals surface area contributed by atoms with Crippen LogP contribution in [0, 0.1) is 0 Å². The molecule has 168 valence electrons. The lowest BCUT2D eigenvalue weighted by Crippen LogP contribution is -2.20. The number of nitrogens with zero attached hydrogens (tertiary/aromatic N) is 4. The number of nitrogens with two attached hydrogens (primary N) is 2. The number of primary amides is 1. The highest BCUT2D eigenvalue weighted by Gasteiger charge is 2.22. The van der Waals surface area contributed by atoms with Crippen LogP contribution in [0.15, 0.2) is 41.6 Å². The van der Waals surface area contributed by atoms with Crippen LogP contribution in [0.4, 0.5) is 17.6 Å². The van der Waals surface area contributed by atoms with Gasteiger partial charge in [0.05, 0.1) is 0 Å². The second-order valence-electron chi connectivity index (χ2n) is 6.14. The Morgan fingerprint density at radius 2 is 1.75 bits per heavy atom. The van der Waals surface area contributed by atoms with Gasteiger partial charge >= 0.3 is 5.97 Å². The minimum absolute atomic E-state index is 0.227. The number of fused-ring (bicyclic) bond motifs is 1. The number of halogens is 4. The van der Waals surface area contributed by atoms with Crippen LogP contribution >= 0.6 is 0 Å². The number of ether oxygens (including phenoxy) is 1. The van der Waals surface area contributed by atoms with E-state index in [2.05, 4.69) is 20.1 Å². The van der Waals surface area contributed by atoms with Crippen molar-refractivity contribution in [2.24, 2.45) is 16.6 Å². The zero-order valence-electron chi connectivity index (χ0n) is 15.9. The smallest absolute Gasteiger partial charge is 0.385 e. The van der Waals surface area contributed by atoms with E-state index in [0.29, 0.717) is 21.9 Å². The number of amidine groups is 1. The monoisotopic (exact) mass is 454 g/mol. The van der Waals surface area contributed by atoms with E-state index in [1.54, 1.807) is 0 Å². The van der Waals surface area contributed by atoms with Crippen molar-refractivity contribution >= 4 is 23.4 Å². The van der Waals surface area contributed by atoms with Crippen LogP contribution in [-0.4, -0.2) is 38.9 Å². The summed E-state index contributed by atoms with van der Waals surface area (Å²) in [7, 11) is 0. The molecule has 0 saturated heterocycles. The summed E-state index contributed by atoms with van der Waals surface area (Å²) >= 11 is 0. The molecule has 0 aliphatic heterocycles. The maximum atomic E-state index is 13.2. The van der Waals surface area contributed by atoms with Crippen molar-refractivity contribution < 1.29 is 36.7 Å². The van der Waals surface area contributed by atoms with Gasteiger partial charge in [-0.3, -0.25) is 4.79 Å². The number of alkyl halides is 4. The van der Waals surface area contributed by atoms with Gasteiger partial charge in [-0.05, 0) is 30.3 Å². The summed E-state index contributed by atoms with van der Waals surface area (Å²) < 4.78 is 57.8. The summed E-state index contributed by atoms with van der Waals surface area (Å²) in [6.07, 6.45) is -6.25. The van der Waals surface area contributed by atoms with Gasteiger partial charge in [0, 0.05) is 11.6 Å². The Kier molecular flexibility index (Phi) is 6.51. The van der Waals surface area contributed by atoms with Crippen LogP contribution in [0.2, 0.25) is 0 Å². The Balaban J connectivity index is 1.77. The van der Waals surface area contributed by atoms with E-state index in [9.17, 15) is 27.2 Å². The molecule has 0 fully saturated rings. The molecular formula is C18H14F4N6O4. The maximum Gasteiger partial charge on any atom is 0.385 e. The number of carbonyl (C=O) groups excluding carboxylic acids is 2. The Morgan fingerprint density at radius 3 is 2.34 bits per heavy atom. The van der Waals surface area contributed by atoms with Crippen molar-refractivity contribution in [2.45, 2.75) is 12.9 Å². The van der Waals surface area contributed by atoms with Crippen LogP contribution in [0.1, 0.15) is 40.3 Å². The highest BCUT2D eigenvalue weighted by molar-refractivity contribution is 5.98. The number of aromatic nitrogens is 3. The van der Waals surface area contributed by atoms with Crippen molar-refractivity contribution in [3.8, 4) is 5.75 Å². The molecule has 2 aromatic heterocycles. The van der Waals surface area contributed by atoms with E-state index >= 15 is 0 Å². The van der Waals surface area contributed by atoms with Crippen molar-refractivity contribution in [3.05, 3.63) is 59.0 Å². The molecule has 0 aliphatic carbocycles. The minimum Gasteiger partial charge on any atom is -0.484 e. The lowest BCUT2D eigenvalue weighted by molar-refractivity contribution is -0.119. The van der Waals surface area contributed by atoms with Gasteiger partial charge in [-0.25, -0.2) is 31.9 Å². The van der Waals surface area contributed by atoms with E-state index in [1.807, 2.05) is 0 Å². The highest BCUT2D eigenvalue weighted by Crippen LogP contribution is 2.25. The number of benzene rings is 1. The first-order chi connectivity index (χ1) is 15.2. The third-order valence-electron chi connectivity index (χ3n) is 3.89. The standard InChI is InChI=1S/C18H14F4N6O4/c19-15(20)10-5-12(16(21)22)28-14(25-10)6-11(26-28)18(30)32-27-17(24)8-1-3-9(4-2-8)31-7-13(23)29/h1-6,15-16H,7H2,(H2,23,29)(H2,24,27). The van der Waals surface area contributed by atoms with Gasteiger partial charge in [0.25, 0.3) is 18.8 Å². The summed E-state index contributed by atoms with van der Waals surface area (Å²) in [5, 5.41) is 7.06. The quantitative estimate of drug-likeness (QED) is 0.174. The average Bonchev–Trinajstić information content (AvgIpc) is 3.19. The lowest BCUT2D eigenvalue weighted by Gasteiger charge is -2.06. The average molecular weight is 454 g/mol. The van der Waals surface area contributed by atoms with E-state index in [-0.39, 0.29) is 12.4 Å². The van der Waals surface area contributed by atoms with Crippen molar-refractivity contribution in [1.29, 1.82) is 0 Å². The molecule has 1 amide bonds. The Hall–Kier alpha value is -4.23. The van der Waals surface area contributed by atoms with E-state index in [1.165, 1.54) is 24.3 Å². The third-order valence-corrected chi connectivity index (χ3v) is 3.89. The fraction of sp³-hybridized carbons (Fsp3) is 0.167. The molecule has 32 heavy (non-hydrogen) atoms. The van der Waals surface area contributed by atoms with E-state index < -0.39 is 47.5 Å². The van der Waals surface area contributed by atoms with Crippen molar-refractivity contribution in [1.82, 2.24) is 14.6 Å². The maximum absolute atomic E-state index is 13.2. The largest absolute Gasteiger partial charge is 0.484 e. The molecule has 14 heteroatoms. The SMILES string of the molecule is NC(=O)COc1ccc(/C(N)=N/OC(=O)c2cc3nc(C(F)F)cc(C(F)F)n3n2)cc1. The summed E-state index contributed by atoms with van der Waals surface area (Å²) in [6, 6.07) is 7.23. The second kappa shape index (κ2) is 9.28. The van der Waals surface area contributed by atoms with Crippen LogP contribution in [0.25, 0.3) is 5.65 Å². The van der Waals surface area contributed by atoms with Gasteiger partial charge in [0.1, 0.15) is 17.1 Å². The Bertz CT molecular complexity index is 1180. The van der Waals surface area contributed by atoms with Gasteiger partial charge < -0.3 is 21.0 Å². The predicted octanol–water partition coefficient (Wildman–Crippen LogP) is 1.95. The second-order valence-corrected chi connectivity index (χ2v) is 6.14. The topological polar surface area (TPSA) is 147 Å². The first-order valence-corrected chi connectivity index (χ1v) is 8.69. The molecule has 2 heterocycles. The van der Waals surface area contributed by atoms with E-state index in [0.717, 1.165) is 6.07 Å². The minimum atomic E-state index is -3.15. The molecule has 0 spiro atoms. The number of rotatable bonds is 8. The number of amides is 1. The van der Waals surface area contributed by atoms with Crippen LogP contribution in [0.3, 0.4) is 0 Å². The van der Waals surface area contributed by atoms with Gasteiger partial charge in [-0.2, -0.15) is 5.10 Å². The van der Waals surface area contributed by atoms with Gasteiger partial charge in [0.2, 0.25) is 0 Å². The van der Waals surface area contributed by atoms with Gasteiger partial charge in [-0.15, -0.1) is 0 Å². The zero-order valence-corrected chi connectivity index (χ0v) is 15.9. The number of hydrogen-bond donors (Lipinski definition) is 2. The molecule has 3 rings (SSSR count). The van der Waals surface area contributed by atoms with Gasteiger partial charge in [0.15, 0.2) is 23.8 Å². The van der Waals surface area contributed by atoms with E-state index in [4.69, 9.17) is 16.2 Å². The molecular weight excluding hydrogens is 440 g/mol.